The van der Waals surface area contributed by atoms with Crippen molar-refractivity contribution in [3.63, 3.8) is 0 Å². The van der Waals surface area contributed by atoms with E-state index < -0.39 is 35.2 Å². The molecule has 4 aromatic rings. The lowest BCUT2D eigenvalue weighted by molar-refractivity contribution is -0.170. The lowest BCUT2D eigenvalue weighted by Gasteiger charge is -2.42. The molecule has 0 unspecified atom stereocenters. The quantitative estimate of drug-likeness (QED) is 0.339. The summed E-state index contributed by atoms with van der Waals surface area (Å²) in [5, 5.41) is 18.0. The van der Waals surface area contributed by atoms with E-state index in [1.165, 1.54) is 10.6 Å². The first-order valence-electron chi connectivity index (χ1n) is 13.7. The number of fused-ring (bicyclic) bond motifs is 2. The molecule has 1 saturated heterocycles. The summed E-state index contributed by atoms with van der Waals surface area (Å²) < 4.78 is 40.1. The molecular formula is C30H32F2N6O4. The van der Waals surface area contributed by atoms with E-state index in [0.717, 1.165) is 16.8 Å². The molecule has 0 amide bonds. The predicted molar refractivity (Wildman–Crippen MR) is 147 cm³/mol. The summed E-state index contributed by atoms with van der Waals surface area (Å²) in [7, 11) is 0. The van der Waals surface area contributed by atoms with Crippen LogP contribution in [0.5, 0.6) is 5.88 Å². The molecule has 2 aliphatic rings. The Labute approximate surface area is 241 Å². The van der Waals surface area contributed by atoms with Gasteiger partial charge in [-0.05, 0) is 62.6 Å². The van der Waals surface area contributed by atoms with Crippen LogP contribution in [0.15, 0.2) is 42.7 Å². The van der Waals surface area contributed by atoms with Crippen LogP contribution in [0.4, 0.5) is 8.78 Å². The first-order valence-corrected chi connectivity index (χ1v) is 13.7. The second-order valence-corrected chi connectivity index (χ2v) is 11.8. The summed E-state index contributed by atoms with van der Waals surface area (Å²) in [5.41, 5.74) is 3.00. The third-order valence-electron chi connectivity index (χ3n) is 8.36. The first kappa shape index (κ1) is 28.1. The lowest BCUT2D eigenvalue weighted by Crippen LogP contribution is -2.60. The number of alkyl halides is 2. The van der Waals surface area contributed by atoms with E-state index >= 15 is 0 Å². The van der Waals surface area contributed by atoms with Gasteiger partial charge >= 0.3 is 5.97 Å². The van der Waals surface area contributed by atoms with Gasteiger partial charge in [0.1, 0.15) is 0 Å². The Morgan fingerprint density at radius 3 is 2.64 bits per heavy atom. The second kappa shape index (κ2) is 10.4. The van der Waals surface area contributed by atoms with Crippen LogP contribution >= 0.6 is 0 Å². The van der Waals surface area contributed by atoms with Gasteiger partial charge in [0.2, 0.25) is 11.7 Å². The lowest BCUT2D eigenvalue weighted by atomic mass is 9.72. The zero-order chi connectivity index (χ0) is 29.8. The van der Waals surface area contributed by atoms with E-state index in [1.807, 2.05) is 31.2 Å². The zero-order valence-electron chi connectivity index (χ0n) is 23.8. The number of carboxylic acid groups (broad SMARTS) is 1. The van der Waals surface area contributed by atoms with Gasteiger partial charge in [0.05, 0.1) is 24.3 Å². The fraction of sp³-hybridized carbons (Fsp3) is 0.433. The van der Waals surface area contributed by atoms with Crippen molar-refractivity contribution in [2.75, 3.05) is 19.8 Å². The number of ether oxygens (including phenoxy) is 2. The summed E-state index contributed by atoms with van der Waals surface area (Å²) in [6, 6.07) is 9.35. The monoisotopic (exact) mass is 578 g/mol. The van der Waals surface area contributed by atoms with Crippen molar-refractivity contribution in [1.29, 1.82) is 0 Å². The van der Waals surface area contributed by atoms with E-state index in [-0.39, 0.29) is 5.65 Å². The summed E-state index contributed by atoms with van der Waals surface area (Å²) >= 11 is 0. The van der Waals surface area contributed by atoms with Crippen LogP contribution < -0.4 is 4.74 Å². The van der Waals surface area contributed by atoms with Crippen LogP contribution in [0.1, 0.15) is 65.7 Å². The Morgan fingerprint density at radius 1 is 1.17 bits per heavy atom. The van der Waals surface area contributed by atoms with E-state index in [1.54, 1.807) is 33.0 Å². The Kier molecular flexibility index (Phi) is 6.93. The molecule has 0 radical (unpaired) electrons. The summed E-state index contributed by atoms with van der Waals surface area (Å²) in [5.74, 6) is -1.56. The van der Waals surface area contributed by atoms with Crippen molar-refractivity contribution >= 4 is 11.6 Å². The average molecular weight is 579 g/mol. The SMILES string of the molecule is Cc1ccc([C@@H](c2ccn3c(C(F)F)nnc3c2C)C(C)(C)C(=O)O)nc1CN1Cc2cccnc2OC2(COC2)C1. The van der Waals surface area contributed by atoms with Crippen molar-refractivity contribution < 1.29 is 28.2 Å². The maximum atomic E-state index is 13.5. The van der Waals surface area contributed by atoms with Crippen molar-refractivity contribution in [1.82, 2.24) is 29.5 Å². The molecule has 0 aromatic carbocycles. The van der Waals surface area contributed by atoms with E-state index in [0.29, 0.717) is 55.5 Å². The Bertz CT molecular complexity index is 1670. The van der Waals surface area contributed by atoms with Gasteiger partial charge in [-0.3, -0.25) is 19.1 Å². The van der Waals surface area contributed by atoms with E-state index in [2.05, 4.69) is 20.1 Å². The van der Waals surface area contributed by atoms with Gasteiger partial charge in [-0.2, -0.15) is 0 Å². The number of pyridine rings is 3. The van der Waals surface area contributed by atoms with Crippen molar-refractivity contribution in [2.24, 2.45) is 5.41 Å². The molecule has 0 saturated carbocycles. The molecule has 1 spiro atoms. The number of aromatic nitrogens is 5. The highest BCUT2D eigenvalue weighted by molar-refractivity contribution is 5.76. The third-order valence-corrected chi connectivity index (χ3v) is 8.36. The molecule has 0 bridgehead atoms. The van der Waals surface area contributed by atoms with Gasteiger partial charge in [-0.25, -0.2) is 13.8 Å². The molecule has 1 atom stereocenters. The second-order valence-electron chi connectivity index (χ2n) is 11.8. The number of rotatable bonds is 7. The van der Waals surface area contributed by atoms with Crippen LogP contribution in [0.3, 0.4) is 0 Å². The normalized spacial score (nSPS) is 17.5. The van der Waals surface area contributed by atoms with Gasteiger partial charge in [0, 0.05) is 49.2 Å². The van der Waals surface area contributed by atoms with Crippen LogP contribution in [0, 0.1) is 19.3 Å². The highest BCUT2D eigenvalue weighted by Gasteiger charge is 2.46. The number of aliphatic carboxylic acids is 1. The number of aryl methyl sites for hydroxylation is 2. The van der Waals surface area contributed by atoms with Crippen LogP contribution in [0.25, 0.3) is 5.65 Å². The minimum absolute atomic E-state index is 0.256. The molecule has 6 rings (SSSR count). The number of hydrogen-bond donors (Lipinski definition) is 1. The molecule has 42 heavy (non-hydrogen) atoms. The number of carboxylic acids is 1. The van der Waals surface area contributed by atoms with Crippen molar-refractivity contribution in [3.05, 3.63) is 82.2 Å². The van der Waals surface area contributed by atoms with E-state index in [9.17, 15) is 18.7 Å². The van der Waals surface area contributed by atoms with Crippen molar-refractivity contribution in [2.45, 2.75) is 58.7 Å². The number of carbonyl (C=O) groups is 1. The fourth-order valence-corrected chi connectivity index (χ4v) is 5.91. The molecule has 220 valence electrons. The minimum Gasteiger partial charge on any atom is -0.481 e. The highest BCUT2D eigenvalue weighted by atomic mass is 19.3. The Hall–Kier alpha value is -4.03. The number of hydrogen-bond acceptors (Lipinski definition) is 8. The zero-order valence-corrected chi connectivity index (χ0v) is 23.8. The van der Waals surface area contributed by atoms with E-state index in [4.69, 9.17) is 14.5 Å². The summed E-state index contributed by atoms with van der Waals surface area (Å²) in [6.45, 7) is 9.69. The Morgan fingerprint density at radius 2 is 1.95 bits per heavy atom. The van der Waals surface area contributed by atoms with Crippen molar-refractivity contribution in [3.8, 4) is 5.88 Å². The largest absolute Gasteiger partial charge is 0.481 e. The molecule has 1 N–H and O–H groups in total. The number of halogens is 2. The summed E-state index contributed by atoms with van der Waals surface area (Å²) in [4.78, 5) is 24.4. The van der Waals surface area contributed by atoms with Gasteiger partial charge in [0.15, 0.2) is 11.2 Å². The first-order chi connectivity index (χ1) is 20.0. The standard InChI is InChI=1S/C30H32F2N6O4/c1-17-7-8-21(34-22(17)13-37-12-19-6-5-10-33-27(19)42-30(14-37)15-41-16-30)23(29(3,4)28(39)40)20-9-11-38-25(18(20)2)35-36-26(38)24(31)32/h5-11,23-24H,12-16H2,1-4H3,(H,39,40)/t23-/m1/s1. The topological polar surface area (TPSA) is 115 Å². The summed E-state index contributed by atoms with van der Waals surface area (Å²) in [6.07, 6.45) is 0.395. The van der Waals surface area contributed by atoms with Crippen LogP contribution in [-0.2, 0) is 22.6 Å². The molecular weight excluding hydrogens is 546 g/mol. The molecule has 10 nitrogen and oxygen atoms in total. The van der Waals surface area contributed by atoms with Gasteiger partial charge in [-0.1, -0.05) is 12.1 Å². The average Bonchev–Trinajstić information content (AvgIpc) is 3.28. The van der Waals surface area contributed by atoms with Crippen LogP contribution in [-0.4, -0.2) is 65.9 Å². The molecule has 0 aliphatic carbocycles. The van der Waals surface area contributed by atoms with Gasteiger partial charge < -0.3 is 14.6 Å². The molecule has 1 fully saturated rings. The maximum absolute atomic E-state index is 13.5. The molecule has 4 aromatic heterocycles. The number of nitrogens with zero attached hydrogens (tertiary/aromatic N) is 6. The molecule has 6 heterocycles. The molecule has 12 heteroatoms. The Balaban J connectivity index is 1.40. The highest BCUT2D eigenvalue weighted by Crippen LogP contribution is 2.43. The minimum atomic E-state index is -2.80. The third kappa shape index (κ3) is 4.78. The predicted octanol–water partition coefficient (Wildman–Crippen LogP) is 4.48. The molecule has 2 aliphatic heterocycles. The van der Waals surface area contributed by atoms with Crippen LogP contribution in [0.2, 0.25) is 0 Å². The van der Waals surface area contributed by atoms with Gasteiger partial charge in [-0.15, -0.1) is 10.2 Å². The van der Waals surface area contributed by atoms with Gasteiger partial charge in [0.25, 0.3) is 6.43 Å². The maximum Gasteiger partial charge on any atom is 0.310 e. The smallest absolute Gasteiger partial charge is 0.310 e. The fourth-order valence-electron chi connectivity index (χ4n) is 5.91.